The SMILES string of the molecule is CC(C)N(CC(=O)Nc1nc2ccc(F)cc2s1)Cc1nc(-c2cccnc2)no1. The van der Waals surface area contributed by atoms with Crippen molar-refractivity contribution in [3.63, 3.8) is 0 Å². The van der Waals surface area contributed by atoms with Crippen molar-refractivity contribution in [2.75, 3.05) is 11.9 Å². The van der Waals surface area contributed by atoms with Crippen molar-refractivity contribution in [3.8, 4) is 11.4 Å². The second-order valence-electron chi connectivity index (χ2n) is 6.93. The minimum absolute atomic E-state index is 0.0638. The molecule has 4 rings (SSSR count). The number of aromatic nitrogens is 4. The van der Waals surface area contributed by atoms with Gasteiger partial charge in [0.25, 0.3) is 0 Å². The lowest BCUT2D eigenvalue weighted by Crippen LogP contribution is -2.37. The van der Waals surface area contributed by atoms with Gasteiger partial charge in [-0.1, -0.05) is 16.5 Å². The van der Waals surface area contributed by atoms with E-state index in [4.69, 9.17) is 4.52 Å². The van der Waals surface area contributed by atoms with Gasteiger partial charge in [0.15, 0.2) is 5.13 Å². The van der Waals surface area contributed by atoms with E-state index in [0.29, 0.717) is 33.6 Å². The van der Waals surface area contributed by atoms with Crippen LogP contribution in [0.4, 0.5) is 9.52 Å². The maximum Gasteiger partial charge on any atom is 0.241 e. The highest BCUT2D eigenvalue weighted by Gasteiger charge is 2.19. The molecule has 10 heteroatoms. The Labute approximate surface area is 175 Å². The van der Waals surface area contributed by atoms with Gasteiger partial charge in [0.2, 0.25) is 17.6 Å². The Morgan fingerprint density at radius 3 is 2.93 bits per heavy atom. The summed E-state index contributed by atoms with van der Waals surface area (Å²) in [6, 6.07) is 8.05. The highest BCUT2D eigenvalue weighted by molar-refractivity contribution is 7.22. The second-order valence-corrected chi connectivity index (χ2v) is 7.96. The van der Waals surface area contributed by atoms with Gasteiger partial charge in [-0.2, -0.15) is 4.98 Å². The van der Waals surface area contributed by atoms with E-state index in [2.05, 4.69) is 25.4 Å². The third kappa shape index (κ3) is 4.66. The highest BCUT2D eigenvalue weighted by Crippen LogP contribution is 2.26. The molecule has 0 saturated heterocycles. The quantitative estimate of drug-likeness (QED) is 0.481. The first-order valence-electron chi connectivity index (χ1n) is 9.31. The first-order chi connectivity index (χ1) is 14.5. The zero-order valence-electron chi connectivity index (χ0n) is 16.4. The molecule has 0 radical (unpaired) electrons. The van der Waals surface area contributed by atoms with Gasteiger partial charge < -0.3 is 9.84 Å². The van der Waals surface area contributed by atoms with Crippen LogP contribution in [0.15, 0.2) is 47.2 Å². The van der Waals surface area contributed by atoms with E-state index in [0.717, 1.165) is 5.56 Å². The number of thiazole rings is 1. The van der Waals surface area contributed by atoms with E-state index in [9.17, 15) is 9.18 Å². The second kappa shape index (κ2) is 8.64. The van der Waals surface area contributed by atoms with Gasteiger partial charge in [0.05, 0.1) is 23.3 Å². The van der Waals surface area contributed by atoms with Crippen molar-refractivity contribution >= 4 is 32.6 Å². The molecule has 4 aromatic rings. The standard InChI is InChI=1S/C20H19FN6O2S/c1-12(2)27(11-18-25-19(26-29-18)13-4-3-7-22-9-13)10-17(28)24-20-23-15-6-5-14(21)8-16(15)30-20/h3-9,12H,10-11H2,1-2H3,(H,23,24,28). The molecular formula is C20H19FN6O2S. The molecular weight excluding hydrogens is 407 g/mol. The predicted octanol–water partition coefficient (Wildman–Crippen LogP) is 3.73. The number of halogens is 1. The van der Waals surface area contributed by atoms with Gasteiger partial charge in [0.1, 0.15) is 5.82 Å². The summed E-state index contributed by atoms with van der Waals surface area (Å²) in [5.41, 5.74) is 1.40. The molecule has 3 heterocycles. The number of nitrogens with zero attached hydrogens (tertiary/aromatic N) is 5. The molecule has 0 unspecified atom stereocenters. The Morgan fingerprint density at radius 2 is 2.17 bits per heavy atom. The number of hydrogen-bond acceptors (Lipinski definition) is 8. The Kier molecular flexibility index (Phi) is 5.77. The number of nitrogens with one attached hydrogen (secondary N) is 1. The molecule has 0 spiro atoms. The van der Waals surface area contributed by atoms with Gasteiger partial charge in [-0.25, -0.2) is 9.37 Å². The average molecular weight is 426 g/mol. The molecule has 3 aromatic heterocycles. The summed E-state index contributed by atoms with van der Waals surface area (Å²) >= 11 is 1.23. The molecule has 154 valence electrons. The Hall–Kier alpha value is -3.24. The van der Waals surface area contributed by atoms with Crippen LogP contribution in [0.25, 0.3) is 21.6 Å². The van der Waals surface area contributed by atoms with Crippen LogP contribution < -0.4 is 5.32 Å². The summed E-state index contributed by atoms with van der Waals surface area (Å²) in [5.74, 6) is 0.300. The lowest BCUT2D eigenvalue weighted by Gasteiger charge is -2.23. The highest BCUT2D eigenvalue weighted by atomic mass is 32.1. The summed E-state index contributed by atoms with van der Waals surface area (Å²) in [6.45, 7) is 4.40. The maximum atomic E-state index is 13.3. The van der Waals surface area contributed by atoms with Gasteiger partial charge in [-0.15, -0.1) is 0 Å². The van der Waals surface area contributed by atoms with Gasteiger partial charge in [0, 0.05) is 24.0 Å². The minimum atomic E-state index is -0.333. The number of amides is 1. The Morgan fingerprint density at radius 1 is 1.30 bits per heavy atom. The molecule has 1 amide bonds. The molecule has 0 atom stereocenters. The van der Waals surface area contributed by atoms with Crippen LogP contribution in [0.5, 0.6) is 0 Å². The van der Waals surface area contributed by atoms with E-state index < -0.39 is 0 Å². The average Bonchev–Trinajstić information content (AvgIpc) is 3.34. The molecule has 0 fully saturated rings. The summed E-state index contributed by atoms with van der Waals surface area (Å²) in [5, 5.41) is 7.20. The fourth-order valence-corrected chi connectivity index (χ4v) is 3.73. The molecule has 1 aromatic carbocycles. The van der Waals surface area contributed by atoms with Crippen LogP contribution in [0, 0.1) is 5.82 Å². The number of benzene rings is 1. The van der Waals surface area contributed by atoms with Gasteiger partial charge >= 0.3 is 0 Å². The monoisotopic (exact) mass is 426 g/mol. The largest absolute Gasteiger partial charge is 0.338 e. The van der Waals surface area contributed by atoms with Crippen LogP contribution in [-0.2, 0) is 11.3 Å². The van der Waals surface area contributed by atoms with Crippen LogP contribution in [0.2, 0.25) is 0 Å². The first kappa shape index (κ1) is 20.0. The number of anilines is 1. The van der Waals surface area contributed by atoms with Crippen molar-refractivity contribution in [2.24, 2.45) is 0 Å². The van der Waals surface area contributed by atoms with Crippen molar-refractivity contribution in [1.82, 2.24) is 25.0 Å². The van der Waals surface area contributed by atoms with Crippen LogP contribution in [0.1, 0.15) is 19.7 Å². The van der Waals surface area contributed by atoms with E-state index in [-0.39, 0.29) is 24.3 Å². The first-order valence-corrected chi connectivity index (χ1v) is 10.1. The lowest BCUT2D eigenvalue weighted by molar-refractivity contribution is -0.118. The topological polar surface area (TPSA) is 97.0 Å². The minimum Gasteiger partial charge on any atom is -0.338 e. The molecule has 30 heavy (non-hydrogen) atoms. The number of carbonyl (C=O) groups is 1. The maximum absolute atomic E-state index is 13.3. The molecule has 0 bridgehead atoms. The lowest BCUT2D eigenvalue weighted by atomic mass is 10.3. The third-order valence-corrected chi connectivity index (χ3v) is 5.33. The van der Waals surface area contributed by atoms with Gasteiger partial charge in [-0.05, 0) is 44.2 Å². The predicted molar refractivity (Wildman–Crippen MR) is 111 cm³/mol. The molecule has 0 aliphatic carbocycles. The Bertz CT molecular complexity index is 1160. The molecule has 8 nitrogen and oxygen atoms in total. The van der Waals surface area contributed by atoms with Crippen molar-refractivity contribution in [2.45, 2.75) is 26.4 Å². The summed E-state index contributed by atoms with van der Waals surface area (Å²) in [6.07, 6.45) is 3.33. The molecule has 1 N–H and O–H groups in total. The number of rotatable bonds is 7. The molecule has 0 saturated carbocycles. The van der Waals surface area contributed by atoms with Crippen LogP contribution in [-0.4, -0.2) is 43.5 Å². The van der Waals surface area contributed by atoms with Crippen LogP contribution in [0.3, 0.4) is 0 Å². The number of carbonyl (C=O) groups excluding carboxylic acids is 1. The van der Waals surface area contributed by atoms with Crippen molar-refractivity contribution in [1.29, 1.82) is 0 Å². The normalized spacial score (nSPS) is 11.5. The zero-order chi connectivity index (χ0) is 21.1. The van der Waals surface area contributed by atoms with Crippen molar-refractivity contribution < 1.29 is 13.7 Å². The molecule has 0 aliphatic rings. The summed E-state index contributed by atoms with van der Waals surface area (Å²) in [4.78, 5) is 27.2. The van der Waals surface area contributed by atoms with E-state index in [1.807, 2.05) is 24.8 Å². The smallest absolute Gasteiger partial charge is 0.241 e. The molecule has 0 aliphatic heterocycles. The van der Waals surface area contributed by atoms with Crippen molar-refractivity contribution in [3.05, 3.63) is 54.4 Å². The third-order valence-electron chi connectivity index (χ3n) is 4.40. The number of hydrogen-bond donors (Lipinski definition) is 1. The van der Waals surface area contributed by atoms with E-state index >= 15 is 0 Å². The number of pyridine rings is 1. The van der Waals surface area contributed by atoms with E-state index in [1.54, 1.807) is 24.5 Å². The Balaban J connectivity index is 1.41. The summed E-state index contributed by atoms with van der Waals surface area (Å²) < 4.78 is 19.4. The fraction of sp³-hybridized carbons (Fsp3) is 0.250. The zero-order valence-corrected chi connectivity index (χ0v) is 17.2. The summed E-state index contributed by atoms with van der Waals surface area (Å²) in [7, 11) is 0. The fourth-order valence-electron chi connectivity index (χ4n) is 2.82. The van der Waals surface area contributed by atoms with E-state index in [1.165, 1.54) is 23.5 Å². The van der Waals surface area contributed by atoms with Crippen LogP contribution >= 0.6 is 11.3 Å². The van der Waals surface area contributed by atoms with Gasteiger partial charge in [-0.3, -0.25) is 14.7 Å². The number of fused-ring (bicyclic) bond motifs is 1.